The molecule has 1 saturated heterocycles. The predicted octanol–water partition coefficient (Wildman–Crippen LogP) is 2.48. The van der Waals surface area contributed by atoms with E-state index in [4.69, 9.17) is 9.78 Å². The number of aryl methyl sites for hydroxylation is 1. The number of carbonyl (C=O) groups is 1. The van der Waals surface area contributed by atoms with Crippen molar-refractivity contribution in [1.82, 2.24) is 24.8 Å². The van der Waals surface area contributed by atoms with E-state index in [1.165, 1.54) is 5.56 Å². The Morgan fingerprint density at radius 3 is 2.47 bits per heavy atom. The van der Waals surface area contributed by atoms with Crippen LogP contribution in [0.3, 0.4) is 0 Å². The van der Waals surface area contributed by atoms with E-state index >= 15 is 0 Å². The minimum atomic E-state index is -0.192. The van der Waals surface area contributed by atoms with Crippen LogP contribution >= 0.6 is 0 Å². The maximum absolute atomic E-state index is 12.6. The first-order chi connectivity index (χ1) is 14.4. The number of nitrogens with zero attached hydrogens (tertiary/aromatic N) is 6. The summed E-state index contributed by atoms with van der Waals surface area (Å²) in [6.45, 7) is 9.77. The first kappa shape index (κ1) is 21.9. The molecule has 8 nitrogen and oxygen atoms in total. The molecule has 1 aliphatic heterocycles. The molecule has 1 fully saturated rings. The van der Waals surface area contributed by atoms with Gasteiger partial charge in [-0.05, 0) is 20.8 Å². The van der Waals surface area contributed by atoms with E-state index in [1.54, 1.807) is 11.9 Å². The normalized spacial score (nSPS) is 17.3. The van der Waals surface area contributed by atoms with Crippen LogP contribution in [-0.2, 0) is 4.79 Å². The molecule has 3 rings (SSSR count). The van der Waals surface area contributed by atoms with Gasteiger partial charge in [-0.15, -0.1) is 0 Å². The first-order valence-electron chi connectivity index (χ1n) is 10.4. The maximum atomic E-state index is 12.6. The van der Waals surface area contributed by atoms with Crippen LogP contribution in [0.1, 0.15) is 37.8 Å². The van der Waals surface area contributed by atoms with Gasteiger partial charge in [-0.25, -0.2) is 0 Å². The summed E-state index contributed by atoms with van der Waals surface area (Å²) in [7, 11) is 1.76. The number of amides is 1. The Kier molecular flexibility index (Phi) is 7.19. The molecule has 0 N–H and O–H groups in total. The zero-order valence-corrected chi connectivity index (χ0v) is 18.2. The molecule has 160 valence electrons. The molecule has 1 amide bonds. The van der Waals surface area contributed by atoms with Gasteiger partial charge in [0.05, 0.1) is 24.6 Å². The van der Waals surface area contributed by atoms with Crippen LogP contribution in [0.25, 0.3) is 11.4 Å². The minimum absolute atomic E-state index is 0.0168. The number of carbonyl (C=O) groups excluding carboxylic acids is 1. The average Bonchev–Trinajstić information content (AvgIpc) is 3.26. The van der Waals surface area contributed by atoms with Crippen molar-refractivity contribution in [2.24, 2.45) is 0 Å². The fourth-order valence-corrected chi connectivity index (χ4v) is 3.70. The molecule has 0 radical (unpaired) electrons. The van der Waals surface area contributed by atoms with Crippen molar-refractivity contribution in [3.8, 4) is 17.5 Å². The Morgan fingerprint density at radius 1 is 1.20 bits per heavy atom. The second-order valence-electron chi connectivity index (χ2n) is 7.91. The van der Waals surface area contributed by atoms with E-state index in [0.29, 0.717) is 24.7 Å². The third-order valence-corrected chi connectivity index (χ3v) is 5.85. The quantitative estimate of drug-likeness (QED) is 0.693. The fourth-order valence-electron chi connectivity index (χ4n) is 3.70. The molecule has 1 aromatic carbocycles. The summed E-state index contributed by atoms with van der Waals surface area (Å²) < 4.78 is 5.54. The number of hydrogen-bond donors (Lipinski definition) is 0. The molecule has 30 heavy (non-hydrogen) atoms. The van der Waals surface area contributed by atoms with Gasteiger partial charge >= 0.3 is 0 Å². The fraction of sp³-hybridized carbons (Fsp3) is 0.545. The Bertz CT molecular complexity index is 880. The van der Waals surface area contributed by atoms with E-state index < -0.39 is 0 Å². The summed E-state index contributed by atoms with van der Waals surface area (Å²) in [6.07, 6.45) is 0.356. The van der Waals surface area contributed by atoms with Gasteiger partial charge in [0, 0.05) is 45.3 Å². The first-order valence-corrected chi connectivity index (χ1v) is 10.4. The van der Waals surface area contributed by atoms with Crippen LogP contribution in [-0.4, -0.2) is 76.6 Å². The van der Waals surface area contributed by atoms with Crippen LogP contribution in [0.4, 0.5) is 0 Å². The lowest BCUT2D eigenvalue weighted by molar-refractivity contribution is -0.135. The molecule has 1 aromatic heterocycles. The molecular formula is C22H30N6O2. The number of rotatable bonds is 7. The molecular weight excluding hydrogens is 380 g/mol. The van der Waals surface area contributed by atoms with Crippen molar-refractivity contribution in [3.05, 3.63) is 35.7 Å². The monoisotopic (exact) mass is 410 g/mol. The van der Waals surface area contributed by atoms with E-state index in [2.05, 4.69) is 32.9 Å². The van der Waals surface area contributed by atoms with Crippen LogP contribution in [0, 0.1) is 18.3 Å². The van der Waals surface area contributed by atoms with Crippen LogP contribution in [0.5, 0.6) is 0 Å². The number of benzene rings is 1. The highest BCUT2D eigenvalue weighted by Crippen LogP contribution is 2.24. The van der Waals surface area contributed by atoms with Gasteiger partial charge in [0.25, 0.3) is 0 Å². The summed E-state index contributed by atoms with van der Waals surface area (Å²) in [5.74, 6) is 1.28. The Labute approximate surface area is 178 Å². The van der Waals surface area contributed by atoms with Crippen molar-refractivity contribution >= 4 is 5.91 Å². The average molecular weight is 411 g/mol. The third kappa shape index (κ3) is 5.04. The molecule has 8 heteroatoms. The smallest absolute Gasteiger partial charge is 0.244 e. The summed E-state index contributed by atoms with van der Waals surface area (Å²) in [6, 6.07) is 9.98. The summed E-state index contributed by atoms with van der Waals surface area (Å²) in [4.78, 5) is 23.3. The molecule has 2 aromatic rings. The minimum Gasteiger partial charge on any atom is -0.343 e. The second kappa shape index (κ2) is 9.83. The SMILES string of the molecule is Cc1ccc(-c2noc(C(C)N3CCN(C(C)C(=O)N(C)CCC#N)CC3)n2)cc1. The highest BCUT2D eigenvalue weighted by atomic mass is 16.5. The van der Waals surface area contributed by atoms with E-state index in [-0.39, 0.29) is 18.0 Å². The predicted molar refractivity (Wildman–Crippen MR) is 113 cm³/mol. The molecule has 2 heterocycles. The lowest BCUT2D eigenvalue weighted by Gasteiger charge is -2.39. The number of nitriles is 1. The number of aromatic nitrogens is 2. The van der Waals surface area contributed by atoms with Crippen molar-refractivity contribution < 1.29 is 9.32 Å². The van der Waals surface area contributed by atoms with Crippen molar-refractivity contribution in [2.45, 2.75) is 39.3 Å². The van der Waals surface area contributed by atoms with Gasteiger partial charge in [-0.2, -0.15) is 10.2 Å². The van der Waals surface area contributed by atoms with E-state index in [9.17, 15) is 4.79 Å². The number of likely N-dealkylation sites (N-methyl/N-ethyl adjacent to an activating group) is 1. The summed E-state index contributed by atoms with van der Waals surface area (Å²) in [5, 5.41) is 12.9. The topological polar surface area (TPSA) is 89.5 Å². The van der Waals surface area contributed by atoms with E-state index in [0.717, 1.165) is 31.7 Å². The zero-order valence-electron chi connectivity index (χ0n) is 18.2. The van der Waals surface area contributed by atoms with Crippen molar-refractivity contribution in [2.75, 3.05) is 39.8 Å². The summed E-state index contributed by atoms with van der Waals surface area (Å²) in [5.41, 5.74) is 2.14. The Balaban J connectivity index is 1.55. The summed E-state index contributed by atoms with van der Waals surface area (Å²) >= 11 is 0. The van der Waals surface area contributed by atoms with Gasteiger partial charge in [-0.1, -0.05) is 35.0 Å². The van der Waals surface area contributed by atoms with Crippen LogP contribution < -0.4 is 0 Å². The lowest BCUT2D eigenvalue weighted by atomic mass is 10.1. The molecule has 0 bridgehead atoms. The maximum Gasteiger partial charge on any atom is 0.244 e. The van der Waals surface area contributed by atoms with Gasteiger partial charge in [0.2, 0.25) is 17.6 Å². The van der Waals surface area contributed by atoms with Gasteiger partial charge in [-0.3, -0.25) is 14.6 Å². The Hall–Kier alpha value is -2.76. The van der Waals surface area contributed by atoms with Crippen molar-refractivity contribution in [1.29, 1.82) is 5.26 Å². The molecule has 1 aliphatic rings. The second-order valence-corrected chi connectivity index (χ2v) is 7.91. The van der Waals surface area contributed by atoms with Gasteiger partial charge < -0.3 is 9.42 Å². The lowest BCUT2D eigenvalue weighted by Crippen LogP contribution is -2.54. The van der Waals surface area contributed by atoms with Gasteiger partial charge in [0.1, 0.15) is 0 Å². The molecule has 0 aliphatic carbocycles. The molecule has 2 unspecified atom stereocenters. The number of hydrogen-bond acceptors (Lipinski definition) is 7. The molecule has 2 atom stereocenters. The Morgan fingerprint density at radius 2 is 1.83 bits per heavy atom. The van der Waals surface area contributed by atoms with Gasteiger partial charge in [0.15, 0.2) is 0 Å². The van der Waals surface area contributed by atoms with Crippen LogP contribution in [0.15, 0.2) is 28.8 Å². The van der Waals surface area contributed by atoms with Crippen molar-refractivity contribution in [3.63, 3.8) is 0 Å². The molecule has 0 spiro atoms. The number of piperazine rings is 1. The highest BCUT2D eigenvalue weighted by Gasteiger charge is 2.30. The largest absolute Gasteiger partial charge is 0.343 e. The molecule has 0 saturated carbocycles. The van der Waals surface area contributed by atoms with E-state index in [1.807, 2.05) is 38.1 Å². The standard InChI is InChI=1S/C22H30N6O2/c1-16-6-8-19(9-7-16)20-24-21(30-25-20)17(2)27-12-14-28(15-13-27)18(3)22(29)26(4)11-5-10-23/h6-9,17-18H,5,11-15H2,1-4H3. The van der Waals surface area contributed by atoms with Crippen LogP contribution in [0.2, 0.25) is 0 Å². The third-order valence-electron chi connectivity index (χ3n) is 5.85. The highest BCUT2D eigenvalue weighted by molar-refractivity contribution is 5.81. The zero-order chi connectivity index (χ0) is 21.7.